The van der Waals surface area contributed by atoms with E-state index in [1.807, 2.05) is 0 Å². The van der Waals surface area contributed by atoms with E-state index in [0.29, 0.717) is 12.8 Å². The van der Waals surface area contributed by atoms with E-state index < -0.39 is 18.1 Å². The van der Waals surface area contributed by atoms with E-state index in [1.54, 1.807) is 21.1 Å². The Morgan fingerprint density at radius 1 is 0.492 bits per heavy atom. The van der Waals surface area contributed by atoms with E-state index in [0.717, 1.165) is 51.4 Å². The van der Waals surface area contributed by atoms with Gasteiger partial charge in [-0.3, -0.25) is 9.59 Å². The molecule has 61 heavy (non-hydrogen) atoms. The van der Waals surface area contributed by atoms with Crippen LogP contribution in [0.5, 0.6) is 0 Å². The highest BCUT2D eigenvalue weighted by atomic mass is 16.6. The maximum absolute atomic E-state index is 12.8. The highest BCUT2D eigenvalue weighted by Crippen LogP contribution is 2.16. The highest BCUT2D eigenvalue weighted by Gasteiger charge is 2.25. The van der Waals surface area contributed by atoms with Gasteiger partial charge < -0.3 is 28.6 Å². The van der Waals surface area contributed by atoms with Gasteiger partial charge in [0.15, 0.2) is 6.10 Å². The van der Waals surface area contributed by atoms with Crippen LogP contribution in [-0.4, -0.2) is 75.5 Å². The second-order valence-corrected chi connectivity index (χ2v) is 18.8. The van der Waals surface area contributed by atoms with Crippen LogP contribution in [0.15, 0.2) is 24.3 Å². The zero-order chi connectivity index (χ0) is 44.9. The van der Waals surface area contributed by atoms with Gasteiger partial charge >= 0.3 is 11.9 Å². The number of esters is 2. The van der Waals surface area contributed by atoms with Gasteiger partial charge in [-0.2, -0.15) is 0 Å². The molecule has 0 aliphatic rings. The first-order valence-corrected chi connectivity index (χ1v) is 25.9. The highest BCUT2D eigenvalue weighted by molar-refractivity contribution is 5.70. The van der Waals surface area contributed by atoms with Crippen LogP contribution < -0.4 is 5.11 Å². The Kier molecular flexibility index (Phi) is 42.8. The van der Waals surface area contributed by atoms with Crippen LogP contribution in [0.1, 0.15) is 245 Å². The Bertz CT molecular complexity index is 1050. The van der Waals surface area contributed by atoms with Crippen LogP contribution in [0.25, 0.3) is 0 Å². The van der Waals surface area contributed by atoms with Crippen LogP contribution >= 0.6 is 0 Å². The molecule has 2 unspecified atom stereocenters. The average Bonchev–Trinajstić information content (AvgIpc) is 3.22. The summed E-state index contributed by atoms with van der Waals surface area (Å²) in [6, 6.07) is -0.725. The van der Waals surface area contributed by atoms with E-state index in [1.165, 1.54) is 161 Å². The van der Waals surface area contributed by atoms with Crippen LogP contribution in [0.2, 0.25) is 0 Å². The fourth-order valence-corrected chi connectivity index (χ4v) is 7.81. The molecule has 0 radical (unpaired) electrons. The van der Waals surface area contributed by atoms with Crippen molar-refractivity contribution in [2.75, 3.05) is 41.0 Å². The van der Waals surface area contributed by atoms with Crippen molar-refractivity contribution in [1.29, 1.82) is 0 Å². The number of hydrogen-bond donors (Lipinski definition) is 0. The summed E-state index contributed by atoms with van der Waals surface area (Å²) in [5, 5.41) is 11.7. The molecule has 0 bridgehead atoms. The first kappa shape index (κ1) is 58.8. The molecule has 0 N–H and O–H groups in total. The zero-order valence-corrected chi connectivity index (χ0v) is 40.8. The lowest BCUT2D eigenvalue weighted by Crippen LogP contribution is -2.55. The maximum Gasteiger partial charge on any atom is 0.306 e. The molecule has 8 heteroatoms. The first-order valence-electron chi connectivity index (χ1n) is 25.9. The Balaban J connectivity index is 4.21. The fourth-order valence-electron chi connectivity index (χ4n) is 7.81. The minimum absolute atomic E-state index is 0.0418. The van der Waals surface area contributed by atoms with Crippen LogP contribution in [0.3, 0.4) is 0 Å². The fraction of sp³-hybridized carbons (Fsp3) is 0.868. The summed E-state index contributed by atoms with van der Waals surface area (Å²) < 4.78 is 17.2. The number of carbonyl (C=O) groups excluding carboxylic acids is 3. The smallest absolute Gasteiger partial charge is 0.306 e. The minimum Gasteiger partial charge on any atom is -0.544 e. The Morgan fingerprint density at radius 3 is 1.30 bits per heavy atom. The molecule has 0 saturated heterocycles. The summed E-state index contributed by atoms with van der Waals surface area (Å²) in [6.07, 6.45) is 50.6. The van der Waals surface area contributed by atoms with E-state index in [4.69, 9.17) is 14.2 Å². The normalized spacial score (nSPS) is 13.0. The molecule has 0 amide bonds. The third-order valence-electron chi connectivity index (χ3n) is 11.8. The molecular weight excluding hydrogens is 763 g/mol. The predicted octanol–water partition coefficient (Wildman–Crippen LogP) is 13.5. The van der Waals surface area contributed by atoms with E-state index in [9.17, 15) is 19.5 Å². The van der Waals surface area contributed by atoms with Crippen molar-refractivity contribution >= 4 is 17.9 Å². The van der Waals surface area contributed by atoms with E-state index in [2.05, 4.69) is 38.2 Å². The molecule has 2 atom stereocenters. The van der Waals surface area contributed by atoms with Gasteiger partial charge in [0.25, 0.3) is 0 Å². The molecule has 0 saturated carbocycles. The molecule has 8 nitrogen and oxygen atoms in total. The standard InChI is InChI=1S/C53H99NO7/c1-6-8-10-12-14-16-18-20-22-24-25-26-28-29-31-33-35-37-39-41-43-51(55)60-48-49(47-59-46-45-50(53(57)58)54(3,4)5)61-52(56)44-42-40-38-36-34-32-30-27-23-21-19-17-15-13-11-9-7-2/h15,17,21,23,49-50H,6-14,16,18-20,22,24-48H2,1-5H3/b17-15+,23-21+. The average molecular weight is 862 g/mol. The van der Waals surface area contributed by atoms with Gasteiger partial charge in [0.2, 0.25) is 0 Å². The number of carboxylic acids is 1. The largest absolute Gasteiger partial charge is 0.544 e. The van der Waals surface area contributed by atoms with Crippen molar-refractivity contribution in [2.24, 2.45) is 0 Å². The van der Waals surface area contributed by atoms with Crippen molar-refractivity contribution in [2.45, 2.75) is 257 Å². The summed E-state index contributed by atoms with van der Waals surface area (Å²) in [5.74, 6) is -1.73. The zero-order valence-electron chi connectivity index (χ0n) is 40.8. The molecule has 0 rings (SSSR count). The number of ether oxygens (including phenoxy) is 3. The molecule has 0 aromatic carbocycles. The van der Waals surface area contributed by atoms with E-state index >= 15 is 0 Å². The second-order valence-electron chi connectivity index (χ2n) is 18.8. The van der Waals surface area contributed by atoms with Crippen molar-refractivity contribution in [3.05, 3.63) is 24.3 Å². The number of nitrogens with zero attached hydrogens (tertiary/aromatic N) is 1. The molecule has 0 aliphatic carbocycles. The van der Waals surface area contributed by atoms with Crippen LogP contribution in [0.4, 0.5) is 0 Å². The summed E-state index contributed by atoms with van der Waals surface area (Å²) in [7, 11) is 5.42. The SMILES string of the molecule is CCCCC/C=C/C/C=C/CCCCCCCCCC(=O)OC(COCCC(C(=O)[O-])[N+](C)(C)C)COC(=O)CCCCCCCCCCCCCCCCCCCCCC. The lowest BCUT2D eigenvalue weighted by molar-refractivity contribution is -0.889. The lowest BCUT2D eigenvalue weighted by atomic mass is 10.0. The Labute approximate surface area is 377 Å². The van der Waals surface area contributed by atoms with Gasteiger partial charge in [0.05, 0.1) is 40.3 Å². The number of carbonyl (C=O) groups is 3. The summed E-state index contributed by atoms with van der Waals surface area (Å²) in [4.78, 5) is 37.0. The van der Waals surface area contributed by atoms with E-state index in [-0.39, 0.29) is 42.7 Å². The van der Waals surface area contributed by atoms with Crippen LogP contribution in [-0.2, 0) is 28.6 Å². The van der Waals surface area contributed by atoms with Gasteiger partial charge in [-0.05, 0) is 44.9 Å². The Hall–Kier alpha value is -2.19. The van der Waals surface area contributed by atoms with Gasteiger partial charge in [0, 0.05) is 19.3 Å². The van der Waals surface area contributed by atoms with Crippen LogP contribution in [0, 0.1) is 0 Å². The van der Waals surface area contributed by atoms with Crippen molar-refractivity contribution in [1.82, 2.24) is 0 Å². The summed E-state index contributed by atoms with van der Waals surface area (Å²) >= 11 is 0. The van der Waals surface area contributed by atoms with Crippen molar-refractivity contribution in [3.63, 3.8) is 0 Å². The predicted molar refractivity (Wildman–Crippen MR) is 254 cm³/mol. The summed E-state index contributed by atoms with van der Waals surface area (Å²) in [6.45, 7) is 4.67. The molecule has 0 aliphatic heterocycles. The molecule has 0 fully saturated rings. The molecule has 0 spiro atoms. The van der Waals surface area contributed by atoms with Gasteiger partial charge in [-0.25, -0.2) is 0 Å². The van der Waals surface area contributed by atoms with Crippen molar-refractivity contribution < 1.29 is 38.2 Å². The number of likely N-dealkylation sites (N-methyl/N-ethyl adjacent to an activating group) is 1. The molecule has 0 aromatic heterocycles. The molecule has 0 heterocycles. The summed E-state index contributed by atoms with van der Waals surface area (Å²) in [5.41, 5.74) is 0. The lowest BCUT2D eigenvalue weighted by Gasteiger charge is -2.34. The number of hydrogen-bond acceptors (Lipinski definition) is 7. The molecular formula is C53H99NO7. The molecule has 0 aromatic rings. The number of allylic oxidation sites excluding steroid dienone is 4. The minimum atomic E-state index is -1.12. The first-order chi connectivity index (χ1) is 29.6. The molecule has 358 valence electrons. The van der Waals surface area contributed by atoms with Gasteiger partial charge in [0.1, 0.15) is 12.6 Å². The Morgan fingerprint density at radius 2 is 0.869 bits per heavy atom. The monoisotopic (exact) mass is 862 g/mol. The third-order valence-corrected chi connectivity index (χ3v) is 11.8. The van der Waals surface area contributed by atoms with Gasteiger partial charge in [-0.15, -0.1) is 0 Å². The number of carboxylic acid groups (broad SMARTS) is 1. The number of unbranched alkanes of at least 4 members (excludes halogenated alkanes) is 29. The number of aliphatic carboxylic acids is 1. The third kappa shape index (κ3) is 42.9. The maximum atomic E-state index is 12.8. The number of quaternary nitrogens is 1. The quantitative estimate of drug-likeness (QED) is 0.0260. The van der Waals surface area contributed by atoms with Gasteiger partial charge in [-0.1, -0.05) is 205 Å². The number of rotatable bonds is 47. The van der Waals surface area contributed by atoms with Crippen molar-refractivity contribution in [3.8, 4) is 0 Å². The second kappa shape index (κ2) is 44.4. The topological polar surface area (TPSA) is 102 Å².